The van der Waals surface area contributed by atoms with Crippen molar-refractivity contribution >= 4 is 5.71 Å². The van der Waals surface area contributed by atoms with Crippen LogP contribution in [-0.2, 0) is 0 Å². The summed E-state index contributed by atoms with van der Waals surface area (Å²) in [6.07, 6.45) is 7.80. The average molecular weight is 290 g/mol. The standard InChI is InChI=1S/C18H32N3/c1-4-19-9-11-21(12-10-19)17-13-16(14-18(2,3)15-17)20-7-5-6-8-20/h13H,4-12,14-15H2,1-3H3/q+1. The van der Waals surface area contributed by atoms with Gasteiger partial charge in [0.05, 0.1) is 0 Å². The van der Waals surface area contributed by atoms with E-state index in [9.17, 15) is 0 Å². The van der Waals surface area contributed by atoms with Gasteiger partial charge in [-0.1, -0.05) is 20.8 Å². The minimum Gasteiger partial charge on any atom is -0.372 e. The molecule has 3 nitrogen and oxygen atoms in total. The van der Waals surface area contributed by atoms with Crippen molar-refractivity contribution in [3.63, 3.8) is 0 Å². The van der Waals surface area contributed by atoms with Gasteiger partial charge in [-0.2, -0.15) is 0 Å². The lowest BCUT2D eigenvalue weighted by Crippen LogP contribution is -2.47. The summed E-state index contributed by atoms with van der Waals surface area (Å²) in [6, 6.07) is 0. The maximum Gasteiger partial charge on any atom is 0.178 e. The normalized spacial score (nSPS) is 27.2. The van der Waals surface area contributed by atoms with Gasteiger partial charge >= 0.3 is 0 Å². The lowest BCUT2D eigenvalue weighted by Gasteiger charge is -2.40. The summed E-state index contributed by atoms with van der Waals surface area (Å²) in [6.45, 7) is 15.8. The molecule has 0 amide bonds. The highest BCUT2D eigenvalue weighted by Gasteiger charge is 2.34. The van der Waals surface area contributed by atoms with Crippen LogP contribution in [0.25, 0.3) is 0 Å². The minimum absolute atomic E-state index is 0.421. The van der Waals surface area contributed by atoms with Gasteiger partial charge in [-0.15, -0.1) is 0 Å². The molecular formula is C18H32N3+. The molecule has 0 N–H and O–H groups in total. The molecule has 1 aliphatic carbocycles. The highest BCUT2D eigenvalue weighted by molar-refractivity contribution is 5.92. The third kappa shape index (κ3) is 3.50. The molecule has 118 valence electrons. The van der Waals surface area contributed by atoms with Crippen LogP contribution in [0.2, 0.25) is 0 Å². The first-order chi connectivity index (χ1) is 10.1. The summed E-state index contributed by atoms with van der Waals surface area (Å²) < 4.78 is 2.64. The van der Waals surface area contributed by atoms with E-state index in [1.165, 1.54) is 71.5 Å². The fourth-order valence-corrected chi connectivity index (χ4v) is 4.10. The van der Waals surface area contributed by atoms with Gasteiger partial charge in [0.2, 0.25) is 0 Å². The Kier molecular flexibility index (Phi) is 4.39. The van der Waals surface area contributed by atoms with Crippen LogP contribution in [0.1, 0.15) is 46.5 Å². The molecule has 0 aromatic heterocycles. The van der Waals surface area contributed by atoms with E-state index in [1.807, 2.05) is 0 Å². The van der Waals surface area contributed by atoms with Crippen LogP contribution < -0.4 is 0 Å². The Morgan fingerprint density at radius 2 is 1.71 bits per heavy atom. The van der Waals surface area contributed by atoms with Crippen LogP contribution in [0.3, 0.4) is 0 Å². The zero-order chi connectivity index (χ0) is 14.9. The van der Waals surface area contributed by atoms with E-state index in [1.54, 1.807) is 11.4 Å². The molecule has 0 aromatic carbocycles. The Bertz CT molecular complexity index is 431. The van der Waals surface area contributed by atoms with Crippen molar-refractivity contribution in [3.05, 3.63) is 11.8 Å². The summed E-state index contributed by atoms with van der Waals surface area (Å²) in [5, 5.41) is 0. The second-order valence-corrected chi connectivity index (χ2v) is 7.76. The second-order valence-electron chi connectivity index (χ2n) is 7.76. The van der Waals surface area contributed by atoms with E-state index in [0.29, 0.717) is 5.41 Å². The largest absolute Gasteiger partial charge is 0.372 e. The molecule has 0 spiro atoms. The number of allylic oxidation sites excluding steroid dienone is 2. The van der Waals surface area contributed by atoms with Gasteiger partial charge in [-0.05, 0) is 18.4 Å². The molecule has 3 rings (SSSR count). The van der Waals surface area contributed by atoms with Gasteiger partial charge in [0.15, 0.2) is 5.71 Å². The Morgan fingerprint density at radius 3 is 2.33 bits per heavy atom. The van der Waals surface area contributed by atoms with Gasteiger partial charge in [-0.3, -0.25) is 0 Å². The van der Waals surface area contributed by atoms with Gasteiger partial charge in [-0.25, -0.2) is 4.58 Å². The number of nitrogens with zero attached hydrogens (tertiary/aromatic N) is 3. The second kappa shape index (κ2) is 6.12. The minimum atomic E-state index is 0.421. The highest BCUT2D eigenvalue weighted by atomic mass is 15.3. The van der Waals surface area contributed by atoms with Crippen molar-refractivity contribution in [2.24, 2.45) is 5.41 Å². The molecule has 0 radical (unpaired) electrons. The molecule has 21 heavy (non-hydrogen) atoms. The SMILES string of the molecule is CCN1CCN(C2=CC(=[N+]3CCCC3)CC(C)(C)C2)CC1. The van der Waals surface area contributed by atoms with Crippen LogP contribution in [-0.4, -0.2) is 65.9 Å². The van der Waals surface area contributed by atoms with Crippen molar-refractivity contribution in [2.45, 2.75) is 46.5 Å². The fourth-order valence-electron chi connectivity index (χ4n) is 4.10. The summed E-state index contributed by atoms with van der Waals surface area (Å²) in [7, 11) is 0. The summed E-state index contributed by atoms with van der Waals surface area (Å²) in [4.78, 5) is 5.22. The molecule has 0 unspecified atom stereocenters. The molecule has 0 aromatic rings. The topological polar surface area (TPSA) is 9.49 Å². The van der Waals surface area contributed by atoms with Crippen LogP contribution in [0.5, 0.6) is 0 Å². The van der Waals surface area contributed by atoms with Crippen molar-refractivity contribution in [1.82, 2.24) is 9.80 Å². The van der Waals surface area contributed by atoms with Crippen LogP contribution in [0.15, 0.2) is 11.8 Å². The monoisotopic (exact) mass is 290 g/mol. The lowest BCUT2D eigenvalue weighted by atomic mass is 9.78. The fraction of sp³-hybridized carbons (Fsp3) is 0.833. The molecule has 0 saturated carbocycles. The van der Waals surface area contributed by atoms with Gasteiger partial charge in [0.1, 0.15) is 13.1 Å². The third-order valence-electron chi connectivity index (χ3n) is 5.39. The van der Waals surface area contributed by atoms with Crippen molar-refractivity contribution in [2.75, 3.05) is 45.8 Å². The zero-order valence-electron chi connectivity index (χ0n) is 14.2. The molecule has 2 aliphatic heterocycles. The first-order valence-corrected chi connectivity index (χ1v) is 8.86. The Morgan fingerprint density at radius 1 is 1.05 bits per heavy atom. The molecule has 2 fully saturated rings. The molecule has 3 aliphatic rings. The molecule has 2 saturated heterocycles. The van der Waals surface area contributed by atoms with E-state index in [2.05, 4.69) is 41.2 Å². The predicted octanol–water partition coefficient (Wildman–Crippen LogP) is 2.58. The first kappa shape index (κ1) is 15.1. The van der Waals surface area contributed by atoms with Crippen molar-refractivity contribution < 1.29 is 4.58 Å². The predicted molar refractivity (Wildman–Crippen MR) is 89.0 cm³/mol. The van der Waals surface area contributed by atoms with Crippen molar-refractivity contribution in [3.8, 4) is 0 Å². The third-order valence-corrected chi connectivity index (χ3v) is 5.39. The maximum atomic E-state index is 2.66. The smallest absolute Gasteiger partial charge is 0.178 e. The molecule has 0 atom stereocenters. The van der Waals surface area contributed by atoms with E-state index in [0.717, 1.165) is 0 Å². The Labute approximate surface area is 130 Å². The zero-order valence-corrected chi connectivity index (χ0v) is 14.2. The van der Waals surface area contributed by atoms with Crippen LogP contribution in [0.4, 0.5) is 0 Å². The molecular weight excluding hydrogens is 258 g/mol. The summed E-state index contributed by atoms with van der Waals surface area (Å²) >= 11 is 0. The van der Waals surface area contributed by atoms with Gasteiger partial charge < -0.3 is 9.80 Å². The first-order valence-electron chi connectivity index (χ1n) is 8.86. The highest BCUT2D eigenvalue weighted by Crippen LogP contribution is 2.36. The number of piperazine rings is 1. The van der Waals surface area contributed by atoms with Gasteiger partial charge in [0, 0.05) is 57.2 Å². The molecule has 3 heteroatoms. The van der Waals surface area contributed by atoms with E-state index >= 15 is 0 Å². The quantitative estimate of drug-likeness (QED) is 0.723. The van der Waals surface area contributed by atoms with E-state index in [4.69, 9.17) is 0 Å². The van der Waals surface area contributed by atoms with Crippen LogP contribution >= 0.6 is 0 Å². The van der Waals surface area contributed by atoms with Gasteiger partial charge in [0.25, 0.3) is 0 Å². The summed E-state index contributed by atoms with van der Waals surface area (Å²) in [5.74, 6) is 0. The number of likely N-dealkylation sites (N-methyl/N-ethyl adjacent to an activating group) is 1. The Balaban J connectivity index is 1.78. The Hall–Kier alpha value is -0.830. The average Bonchev–Trinajstić information content (AvgIpc) is 3.00. The molecule has 0 bridgehead atoms. The lowest BCUT2D eigenvalue weighted by molar-refractivity contribution is -0.507. The van der Waals surface area contributed by atoms with E-state index < -0.39 is 0 Å². The number of rotatable bonds is 2. The van der Waals surface area contributed by atoms with Crippen LogP contribution in [0, 0.1) is 5.41 Å². The molecule has 2 heterocycles. The summed E-state index contributed by atoms with van der Waals surface area (Å²) in [5.41, 5.74) is 3.63. The maximum absolute atomic E-state index is 2.66. The van der Waals surface area contributed by atoms with E-state index in [-0.39, 0.29) is 0 Å². The number of hydrogen-bond donors (Lipinski definition) is 0. The van der Waals surface area contributed by atoms with Crippen molar-refractivity contribution in [1.29, 1.82) is 0 Å². The number of hydrogen-bond acceptors (Lipinski definition) is 2.